The van der Waals surface area contributed by atoms with Crippen molar-refractivity contribution in [2.45, 2.75) is 35.6 Å². The van der Waals surface area contributed by atoms with Crippen LogP contribution in [0.15, 0.2) is 150 Å². The molecule has 49 heavy (non-hydrogen) atoms. The largest absolute Gasteiger partial charge is 0.593 e. The topological polar surface area (TPSA) is 83.4 Å². The van der Waals surface area contributed by atoms with Crippen molar-refractivity contribution in [1.82, 2.24) is 3.97 Å². The van der Waals surface area contributed by atoms with Crippen molar-refractivity contribution in [3.63, 3.8) is 0 Å². The van der Waals surface area contributed by atoms with Gasteiger partial charge >= 0.3 is 0 Å². The number of benzene rings is 5. The SMILES string of the molecule is B.COCC(C)(CCc1ccccc1)[S+]([O-])Nc1c(CP(c2ccccc2)c2ccccc2)n(S(=O)(=O)c2ccccc2)c2ccccc12. The van der Waals surface area contributed by atoms with Gasteiger partial charge in [-0.15, -0.1) is 0 Å². The minimum Gasteiger partial charge on any atom is -0.593 e. The lowest BCUT2D eigenvalue weighted by atomic mass is 10.0. The van der Waals surface area contributed by atoms with E-state index in [-0.39, 0.29) is 19.9 Å². The van der Waals surface area contributed by atoms with Crippen molar-refractivity contribution in [1.29, 1.82) is 0 Å². The molecule has 5 aromatic carbocycles. The lowest BCUT2D eigenvalue weighted by molar-refractivity contribution is 0.165. The number of hydrogen-bond acceptors (Lipinski definition) is 5. The van der Waals surface area contributed by atoms with Crippen molar-refractivity contribution >= 4 is 64.9 Å². The lowest BCUT2D eigenvalue weighted by Crippen LogP contribution is -2.44. The van der Waals surface area contributed by atoms with Gasteiger partial charge in [0.2, 0.25) is 0 Å². The predicted molar refractivity (Wildman–Crippen MR) is 210 cm³/mol. The molecule has 0 aliphatic heterocycles. The van der Waals surface area contributed by atoms with E-state index < -0.39 is 34.1 Å². The van der Waals surface area contributed by atoms with Crippen LogP contribution in [0.3, 0.4) is 0 Å². The number of fused-ring (bicyclic) bond motifs is 1. The second-order valence-corrected chi connectivity index (χ2v) is 17.6. The molecular weight excluding hydrogens is 666 g/mol. The zero-order chi connectivity index (χ0) is 33.6. The number of nitrogens with zero attached hydrogens (tertiary/aromatic N) is 1. The van der Waals surface area contributed by atoms with Gasteiger partial charge in [-0.1, -0.05) is 127 Å². The molecule has 0 radical (unpaired) electrons. The number of aromatic nitrogens is 1. The highest BCUT2D eigenvalue weighted by atomic mass is 32.2. The molecule has 0 saturated heterocycles. The van der Waals surface area contributed by atoms with Crippen molar-refractivity contribution in [2.24, 2.45) is 0 Å². The van der Waals surface area contributed by atoms with Crippen LogP contribution in [0.5, 0.6) is 0 Å². The van der Waals surface area contributed by atoms with Crippen LogP contribution >= 0.6 is 7.92 Å². The molecule has 0 spiro atoms. The Morgan fingerprint density at radius 2 is 1.29 bits per heavy atom. The second-order valence-electron chi connectivity index (χ2n) is 11.9. The van der Waals surface area contributed by atoms with E-state index in [0.717, 1.165) is 22.6 Å². The predicted octanol–water partition coefficient (Wildman–Crippen LogP) is 6.44. The molecule has 0 amide bonds. The van der Waals surface area contributed by atoms with E-state index in [0.29, 0.717) is 34.9 Å². The van der Waals surface area contributed by atoms with Gasteiger partial charge in [-0.2, -0.15) is 0 Å². The lowest BCUT2D eigenvalue weighted by Gasteiger charge is -2.31. The van der Waals surface area contributed by atoms with Crippen LogP contribution in [-0.2, 0) is 38.7 Å². The summed E-state index contributed by atoms with van der Waals surface area (Å²) in [4.78, 5) is 0.190. The molecule has 1 aromatic heterocycles. The smallest absolute Gasteiger partial charge is 0.268 e. The molecule has 0 aliphatic rings. The average molecular weight is 709 g/mol. The molecule has 10 heteroatoms. The maximum Gasteiger partial charge on any atom is 0.268 e. The van der Waals surface area contributed by atoms with Crippen LogP contribution in [0, 0.1) is 0 Å². The fourth-order valence-corrected chi connectivity index (χ4v) is 11.2. The number of para-hydroxylation sites is 1. The number of nitrogens with one attached hydrogen (secondary N) is 1. The van der Waals surface area contributed by atoms with Gasteiger partial charge < -0.3 is 9.29 Å². The van der Waals surface area contributed by atoms with E-state index in [1.165, 1.54) is 3.97 Å². The van der Waals surface area contributed by atoms with Crippen LogP contribution < -0.4 is 15.3 Å². The number of hydrogen-bond donors (Lipinski definition) is 1. The van der Waals surface area contributed by atoms with Gasteiger partial charge in [0.25, 0.3) is 10.0 Å². The standard InChI is InChI=1S/C39H39N2O4PS2.BH3/c1-39(30-45-2,28-27-31-17-7-3-8-18-31)47(42)40-38-35-25-15-16-26-36(35)41(48(43,44)34-23-13-6-14-24-34)37(38)29-46(32-19-9-4-10-20-32)33-21-11-5-12-22-33;/h3-26,40H,27-30H2,1-2H3;1H3. The summed E-state index contributed by atoms with van der Waals surface area (Å²) in [7, 11) is -3.49. The molecule has 2 atom stereocenters. The summed E-state index contributed by atoms with van der Waals surface area (Å²) in [6, 6.07) is 46.5. The van der Waals surface area contributed by atoms with E-state index in [2.05, 4.69) is 41.1 Å². The number of rotatable bonds is 14. The number of ether oxygens (including phenoxy) is 1. The molecule has 1 N–H and O–H groups in total. The third-order valence-corrected chi connectivity index (χ3v) is 14.4. The summed E-state index contributed by atoms with van der Waals surface area (Å²) in [6.07, 6.45) is 1.72. The maximum atomic E-state index is 14.6. The Bertz CT molecular complexity index is 2010. The van der Waals surface area contributed by atoms with Crippen molar-refractivity contribution in [3.05, 3.63) is 157 Å². The monoisotopic (exact) mass is 708 g/mol. The third-order valence-electron chi connectivity index (χ3n) is 8.53. The zero-order valence-corrected chi connectivity index (χ0v) is 29.6. The Morgan fingerprint density at radius 1 is 0.776 bits per heavy atom. The fraction of sp³-hybridized carbons (Fsp3) is 0.179. The third kappa shape index (κ3) is 7.98. The summed E-state index contributed by atoms with van der Waals surface area (Å²) in [5, 5.41) is 2.93. The van der Waals surface area contributed by atoms with E-state index in [9.17, 15) is 13.0 Å². The van der Waals surface area contributed by atoms with Crippen LogP contribution in [0.4, 0.5) is 5.69 Å². The molecule has 0 fully saturated rings. The highest BCUT2D eigenvalue weighted by Crippen LogP contribution is 2.45. The molecule has 0 aliphatic carbocycles. The van der Waals surface area contributed by atoms with Gasteiger partial charge in [0, 0.05) is 25.1 Å². The molecular formula is C39H42BN2O4PS2. The summed E-state index contributed by atoms with van der Waals surface area (Å²) in [5.74, 6) is 0. The van der Waals surface area contributed by atoms with Gasteiger partial charge in [0.1, 0.15) is 5.69 Å². The highest BCUT2D eigenvalue weighted by Gasteiger charge is 2.40. The normalized spacial score (nSPS) is 13.5. The van der Waals surface area contributed by atoms with E-state index in [1.54, 1.807) is 37.4 Å². The average Bonchev–Trinajstić information content (AvgIpc) is 3.44. The molecule has 6 aromatic rings. The number of methoxy groups -OCH3 is 1. The zero-order valence-electron chi connectivity index (χ0n) is 27.0. The molecule has 252 valence electrons. The molecule has 2 unspecified atom stereocenters. The Labute approximate surface area is 296 Å². The van der Waals surface area contributed by atoms with Gasteiger partial charge in [0.15, 0.2) is 4.75 Å². The van der Waals surface area contributed by atoms with E-state index in [4.69, 9.17) is 4.74 Å². The number of aryl methyl sites for hydroxylation is 1. The van der Waals surface area contributed by atoms with Crippen LogP contribution in [0.2, 0.25) is 0 Å². The highest BCUT2D eigenvalue weighted by molar-refractivity contribution is 7.94. The molecule has 6 rings (SSSR count). The minimum absolute atomic E-state index is 0. The fourth-order valence-electron chi connectivity index (χ4n) is 5.98. The van der Waals surface area contributed by atoms with E-state index >= 15 is 0 Å². The van der Waals surface area contributed by atoms with Crippen molar-refractivity contribution < 1.29 is 17.7 Å². The van der Waals surface area contributed by atoms with Crippen molar-refractivity contribution in [3.8, 4) is 0 Å². The molecule has 0 saturated carbocycles. The molecule has 0 bridgehead atoms. The molecule has 6 nitrogen and oxygen atoms in total. The van der Waals surface area contributed by atoms with Crippen LogP contribution in [-0.4, -0.2) is 43.8 Å². The summed E-state index contributed by atoms with van der Waals surface area (Å²) in [6.45, 7) is 2.22. The first kappa shape index (κ1) is 36.4. The van der Waals surface area contributed by atoms with Crippen LogP contribution in [0.25, 0.3) is 10.9 Å². The van der Waals surface area contributed by atoms with Gasteiger partial charge in [-0.3, -0.25) is 0 Å². The Balaban J connectivity index is 0.00000468. The summed E-state index contributed by atoms with van der Waals surface area (Å²) in [5.41, 5.74) is 2.81. The van der Waals surface area contributed by atoms with E-state index in [1.807, 2.05) is 85.8 Å². The van der Waals surface area contributed by atoms with Gasteiger partial charge in [0.05, 0.1) is 42.5 Å². The summed E-state index contributed by atoms with van der Waals surface area (Å²) < 4.78 is 53.5. The minimum atomic E-state index is -4.05. The quantitative estimate of drug-likeness (QED) is 0.0801. The first-order valence-corrected chi connectivity index (χ1v) is 20.0. The molecule has 1 heterocycles. The van der Waals surface area contributed by atoms with Gasteiger partial charge in [-0.25, -0.2) is 17.1 Å². The Kier molecular flexibility index (Phi) is 12.1. The van der Waals surface area contributed by atoms with Gasteiger partial charge in [-0.05, 0) is 55.6 Å². The van der Waals surface area contributed by atoms with Crippen LogP contribution in [0.1, 0.15) is 24.6 Å². The first-order valence-electron chi connectivity index (χ1n) is 15.8. The maximum absolute atomic E-state index is 14.6. The first-order chi connectivity index (χ1) is 23.3. The number of anilines is 1. The Morgan fingerprint density at radius 3 is 1.86 bits per heavy atom. The van der Waals surface area contributed by atoms with Crippen molar-refractivity contribution in [2.75, 3.05) is 18.4 Å². The second kappa shape index (κ2) is 16.2. The Hall–Kier alpha value is -3.85. The summed E-state index contributed by atoms with van der Waals surface area (Å²) >= 11 is -1.65.